The Morgan fingerprint density at radius 3 is 2.15 bits per heavy atom. The Morgan fingerprint density at radius 1 is 1.15 bits per heavy atom. The van der Waals surface area contributed by atoms with E-state index in [4.69, 9.17) is 23.2 Å². The molecule has 1 aliphatic heterocycles. The summed E-state index contributed by atoms with van der Waals surface area (Å²) in [5, 5.41) is 16.0. The SMILES string of the molecule is O=C(N[C@H](CF)[C@H](O)c1ccc(-c2ccc(C3CCN3)cc2)cc1)C(Cl)Cl. The Kier molecular flexibility index (Phi) is 6.71. The van der Waals surface area contributed by atoms with Gasteiger partial charge in [-0.2, -0.15) is 0 Å². The van der Waals surface area contributed by atoms with Gasteiger partial charge in [-0.3, -0.25) is 4.79 Å². The van der Waals surface area contributed by atoms with E-state index in [1.165, 1.54) is 5.56 Å². The molecule has 3 atom stereocenters. The van der Waals surface area contributed by atoms with Crippen molar-refractivity contribution in [1.82, 2.24) is 10.6 Å². The molecule has 3 rings (SSSR count). The number of aliphatic hydroxyl groups excluding tert-OH is 1. The number of carbonyl (C=O) groups is 1. The molecule has 4 nitrogen and oxygen atoms in total. The summed E-state index contributed by atoms with van der Waals surface area (Å²) in [6, 6.07) is 14.8. The maximum Gasteiger partial charge on any atom is 0.253 e. The highest BCUT2D eigenvalue weighted by Gasteiger charge is 2.25. The minimum atomic E-state index is -1.31. The topological polar surface area (TPSA) is 61.4 Å². The Morgan fingerprint density at radius 2 is 1.70 bits per heavy atom. The van der Waals surface area contributed by atoms with Crippen molar-refractivity contribution in [3.05, 3.63) is 59.7 Å². The molecule has 0 spiro atoms. The fraction of sp³-hybridized carbons (Fsp3) is 0.350. The maximum atomic E-state index is 13.2. The van der Waals surface area contributed by atoms with Crippen molar-refractivity contribution in [2.75, 3.05) is 13.2 Å². The van der Waals surface area contributed by atoms with Crippen LogP contribution < -0.4 is 10.6 Å². The second-order valence-corrected chi connectivity index (χ2v) is 7.65. The fourth-order valence-electron chi connectivity index (χ4n) is 3.03. The van der Waals surface area contributed by atoms with Gasteiger partial charge in [-0.05, 0) is 35.2 Å². The molecule has 1 heterocycles. The highest BCUT2D eigenvalue weighted by molar-refractivity contribution is 6.53. The molecule has 1 amide bonds. The normalized spacial score (nSPS) is 18.6. The highest BCUT2D eigenvalue weighted by Crippen LogP contribution is 2.27. The summed E-state index contributed by atoms with van der Waals surface area (Å²) < 4.78 is 13.2. The minimum absolute atomic E-state index is 0.449. The van der Waals surface area contributed by atoms with Gasteiger partial charge in [-0.1, -0.05) is 71.7 Å². The molecule has 0 aliphatic carbocycles. The lowest BCUT2D eigenvalue weighted by Crippen LogP contribution is -2.43. The van der Waals surface area contributed by atoms with Gasteiger partial charge in [0.1, 0.15) is 12.8 Å². The first kappa shape index (κ1) is 20.1. The standard InChI is InChI=1S/C20H21Cl2FN2O2/c21-19(22)20(27)25-17(11-23)18(26)15-7-3-13(4-8-15)12-1-5-14(6-2-12)16-9-10-24-16/h1-8,16-19,24,26H,9-11H2,(H,25,27)/t16?,17-,18-/m1/s1. The molecular weight excluding hydrogens is 390 g/mol. The van der Waals surface area contributed by atoms with Crippen molar-refractivity contribution in [1.29, 1.82) is 0 Å². The van der Waals surface area contributed by atoms with Crippen LogP contribution >= 0.6 is 23.2 Å². The van der Waals surface area contributed by atoms with Gasteiger partial charge >= 0.3 is 0 Å². The molecule has 2 aromatic rings. The van der Waals surface area contributed by atoms with Crippen molar-refractivity contribution < 1.29 is 14.3 Å². The van der Waals surface area contributed by atoms with Gasteiger partial charge in [-0.15, -0.1) is 0 Å². The van der Waals surface area contributed by atoms with Crippen LogP contribution in [0.3, 0.4) is 0 Å². The number of rotatable bonds is 7. The second kappa shape index (κ2) is 9.02. The van der Waals surface area contributed by atoms with Crippen LogP contribution in [0.1, 0.15) is 29.7 Å². The molecule has 0 radical (unpaired) electrons. The third kappa shape index (κ3) is 4.79. The van der Waals surface area contributed by atoms with Gasteiger partial charge in [0, 0.05) is 6.04 Å². The van der Waals surface area contributed by atoms with Crippen LogP contribution in [0.5, 0.6) is 0 Å². The third-order valence-corrected chi connectivity index (χ3v) is 5.19. The number of amides is 1. The lowest BCUT2D eigenvalue weighted by molar-refractivity contribution is -0.121. The van der Waals surface area contributed by atoms with Gasteiger partial charge in [0.2, 0.25) is 0 Å². The fourth-order valence-corrected chi connectivity index (χ4v) is 3.16. The predicted molar refractivity (Wildman–Crippen MR) is 106 cm³/mol. The molecule has 1 aliphatic rings. The van der Waals surface area contributed by atoms with Gasteiger partial charge in [0.05, 0.1) is 6.04 Å². The number of carbonyl (C=O) groups excluding carboxylic acids is 1. The zero-order valence-electron chi connectivity index (χ0n) is 14.5. The Labute approximate surface area is 167 Å². The molecular formula is C20H21Cl2FN2O2. The number of aliphatic hydroxyl groups is 1. The van der Waals surface area contributed by atoms with Crippen molar-refractivity contribution in [2.45, 2.75) is 29.4 Å². The molecule has 0 bridgehead atoms. The molecule has 7 heteroatoms. The van der Waals surface area contributed by atoms with Crippen LogP contribution in [-0.4, -0.2) is 35.1 Å². The monoisotopic (exact) mass is 410 g/mol. The zero-order chi connectivity index (χ0) is 19.4. The van der Waals surface area contributed by atoms with E-state index in [1.54, 1.807) is 12.1 Å². The molecule has 0 aromatic heterocycles. The molecule has 27 heavy (non-hydrogen) atoms. The number of benzene rings is 2. The number of halogens is 3. The Bertz CT molecular complexity index is 765. The van der Waals surface area contributed by atoms with E-state index in [2.05, 4.69) is 34.9 Å². The van der Waals surface area contributed by atoms with E-state index in [9.17, 15) is 14.3 Å². The third-order valence-electron chi connectivity index (χ3n) is 4.80. The zero-order valence-corrected chi connectivity index (χ0v) is 16.1. The van der Waals surface area contributed by atoms with Crippen molar-refractivity contribution in [3.63, 3.8) is 0 Å². The molecule has 0 saturated carbocycles. The molecule has 1 saturated heterocycles. The summed E-state index contributed by atoms with van der Waals surface area (Å²) >= 11 is 10.9. The van der Waals surface area contributed by atoms with Crippen molar-refractivity contribution in [2.24, 2.45) is 0 Å². The van der Waals surface area contributed by atoms with Crippen LogP contribution in [0.25, 0.3) is 11.1 Å². The average Bonchev–Trinajstić information content (AvgIpc) is 2.64. The second-order valence-electron chi connectivity index (χ2n) is 6.55. The summed E-state index contributed by atoms with van der Waals surface area (Å²) in [6.45, 7) is 0.124. The van der Waals surface area contributed by atoms with Gasteiger partial charge in [-0.25, -0.2) is 4.39 Å². The van der Waals surface area contributed by atoms with Crippen LogP contribution in [0.2, 0.25) is 0 Å². The average molecular weight is 411 g/mol. The van der Waals surface area contributed by atoms with Crippen molar-refractivity contribution in [3.8, 4) is 11.1 Å². The first-order valence-corrected chi connectivity index (χ1v) is 9.63. The number of alkyl halides is 3. The van der Waals surface area contributed by atoms with Crippen LogP contribution in [0, 0.1) is 0 Å². The predicted octanol–water partition coefficient (Wildman–Crippen LogP) is 3.68. The van der Waals surface area contributed by atoms with Crippen LogP contribution in [0.4, 0.5) is 4.39 Å². The summed E-state index contributed by atoms with van der Waals surface area (Å²) in [6.07, 6.45) is -0.0426. The summed E-state index contributed by atoms with van der Waals surface area (Å²) in [5.41, 5.74) is 3.82. The van der Waals surface area contributed by atoms with E-state index >= 15 is 0 Å². The largest absolute Gasteiger partial charge is 0.386 e. The molecule has 2 aromatic carbocycles. The van der Waals surface area contributed by atoms with E-state index in [1.807, 2.05) is 12.1 Å². The Balaban J connectivity index is 1.69. The highest BCUT2D eigenvalue weighted by atomic mass is 35.5. The summed E-state index contributed by atoms with van der Waals surface area (Å²) in [5.74, 6) is -0.738. The lowest BCUT2D eigenvalue weighted by Gasteiger charge is -2.28. The number of nitrogens with one attached hydrogen (secondary N) is 2. The first-order chi connectivity index (χ1) is 13.0. The quantitative estimate of drug-likeness (QED) is 0.610. The van der Waals surface area contributed by atoms with Gasteiger partial charge in [0.25, 0.3) is 5.91 Å². The first-order valence-electron chi connectivity index (χ1n) is 8.76. The van der Waals surface area contributed by atoms with Crippen LogP contribution in [0.15, 0.2) is 48.5 Å². The molecule has 1 unspecified atom stereocenters. The van der Waals surface area contributed by atoms with Gasteiger partial charge < -0.3 is 15.7 Å². The Hall–Kier alpha value is -1.66. The molecule has 144 valence electrons. The smallest absolute Gasteiger partial charge is 0.253 e. The van der Waals surface area contributed by atoms with E-state index in [0.29, 0.717) is 11.6 Å². The molecule has 1 fully saturated rings. The van der Waals surface area contributed by atoms with E-state index < -0.39 is 29.6 Å². The van der Waals surface area contributed by atoms with Crippen LogP contribution in [-0.2, 0) is 4.79 Å². The van der Waals surface area contributed by atoms with E-state index in [-0.39, 0.29) is 0 Å². The number of hydrogen-bond acceptors (Lipinski definition) is 3. The summed E-state index contributed by atoms with van der Waals surface area (Å²) in [7, 11) is 0. The van der Waals surface area contributed by atoms with E-state index in [0.717, 1.165) is 24.1 Å². The minimum Gasteiger partial charge on any atom is -0.386 e. The lowest BCUT2D eigenvalue weighted by atomic mass is 9.94. The molecule has 3 N–H and O–H groups in total. The number of hydrogen-bond donors (Lipinski definition) is 3. The van der Waals surface area contributed by atoms with Gasteiger partial charge in [0.15, 0.2) is 4.84 Å². The van der Waals surface area contributed by atoms with Crippen molar-refractivity contribution >= 4 is 29.1 Å². The summed E-state index contributed by atoms with van der Waals surface area (Å²) in [4.78, 5) is 10.2. The maximum absolute atomic E-state index is 13.2.